The number of aryl methyl sites for hydroxylation is 1. The molecule has 0 radical (unpaired) electrons. The summed E-state index contributed by atoms with van der Waals surface area (Å²) in [5.41, 5.74) is 2.71. The summed E-state index contributed by atoms with van der Waals surface area (Å²) in [6.07, 6.45) is 8.41. The molecular weight excluding hydrogens is 246 g/mol. The minimum absolute atomic E-state index is 0.237. The molecule has 2 atom stereocenters. The second kappa shape index (κ2) is 7.61. The molecule has 0 heterocycles. The smallest absolute Gasteiger partial charge is 0.0859 e. The molecule has 2 rings (SSSR count). The third-order valence-corrected chi connectivity index (χ3v) is 4.07. The molecule has 1 aromatic rings. The highest BCUT2D eigenvalue weighted by Gasteiger charge is 2.25. The van der Waals surface area contributed by atoms with E-state index in [-0.39, 0.29) is 6.10 Å². The monoisotopic (exact) mass is 273 g/mol. The van der Waals surface area contributed by atoms with Gasteiger partial charge in [0.15, 0.2) is 0 Å². The van der Waals surface area contributed by atoms with Crippen molar-refractivity contribution >= 4 is 0 Å². The Morgan fingerprint density at radius 3 is 2.70 bits per heavy atom. The van der Waals surface area contributed by atoms with E-state index in [0.717, 1.165) is 19.6 Å². The van der Waals surface area contributed by atoms with Crippen LogP contribution in [-0.2, 0) is 4.74 Å². The molecule has 0 saturated carbocycles. The molecule has 0 N–H and O–H groups in total. The normalized spacial score (nSPS) is 20.3. The molecule has 0 saturated heterocycles. The molecular formula is C18H27NO. The third kappa shape index (κ3) is 4.19. The van der Waals surface area contributed by atoms with Crippen LogP contribution >= 0.6 is 0 Å². The van der Waals surface area contributed by atoms with Crippen LogP contribution in [0.2, 0.25) is 0 Å². The third-order valence-electron chi connectivity index (χ3n) is 4.07. The first-order valence-corrected chi connectivity index (χ1v) is 7.65. The zero-order valence-electron chi connectivity index (χ0n) is 13.0. The van der Waals surface area contributed by atoms with Crippen molar-refractivity contribution in [3.63, 3.8) is 0 Å². The second-order valence-corrected chi connectivity index (χ2v) is 6.00. The fourth-order valence-corrected chi connectivity index (χ4v) is 2.84. The number of hydrogen-bond donors (Lipinski definition) is 0. The molecule has 0 spiro atoms. The van der Waals surface area contributed by atoms with E-state index in [4.69, 9.17) is 4.74 Å². The van der Waals surface area contributed by atoms with E-state index in [2.05, 4.69) is 62.3 Å². The van der Waals surface area contributed by atoms with E-state index in [1.165, 1.54) is 24.0 Å². The maximum atomic E-state index is 6.28. The number of benzene rings is 1. The van der Waals surface area contributed by atoms with Gasteiger partial charge in [0.05, 0.1) is 12.7 Å². The van der Waals surface area contributed by atoms with E-state index in [0.29, 0.717) is 5.92 Å². The summed E-state index contributed by atoms with van der Waals surface area (Å²) in [6, 6.07) is 8.66. The fourth-order valence-electron chi connectivity index (χ4n) is 2.84. The zero-order valence-corrected chi connectivity index (χ0v) is 13.0. The summed E-state index contributed by atoms with van der Waals surface area (Å²) in [6.45, 7) is 3.97. The highest BCUT2D eigenvalue weighted by Crippen LogP contribution is 2.35. The summed E-state index contributed by atoms with van der Waals surface area (Å²) in [5.74, 6) is 0.614. The van der Waals surface area contributed by atoms with Crippen LogP contribution in [0.5, 0.6) is 0 Å². The van der Waals surface area contributed by atoms with Crippen molar-refractivity contribution in [3.8, 4) is 0 Å². The number of ether oxygens (including phenoxy) is 1. The quantitative estimate of drug-likeness (QED) is 0.727. The minimum Gasteiger partial charge on any atom is -0.372 e. The lowest BCUT2D eigenvalue weighted by molar-refractivity contribution is 0.00105. The first-order valence-electron chi connectivity index (χ1n) is 7.65. The van der Waals surface area contributed by atoms with Gasteiger partial charge < -0.3 is 9.64 Å². The van der Waals surface area contributed by atoms with Crippen molar-refractivity contribution in [1.29, 1.82) is 0 Å². The van der Waals surface area contributed by atoms with Crippen molar-refractivity contribution in [2.24, 2.45) is 5.92 Å². The average Bonchev–Trinajstić information content (AvgIpc) is 2.45. The van der Waals surface area contributed by atoms with E-state index < -0.39 is 0 Å². The summed E-state index contributed by atoms with van der Waals surface area (Å²) in [5, 5.41) is 0. The van der Waals surface area contributed by atoms with Crippen LogP contribution in [0.25, 0.3) is 0 Å². The number of likely N-dealkylation sites (N-methyl/N-ethyl adjacent to an activating group) is 1. The van der Waals surface area contributed by atoms with Gasteiger partial charge in [0.2, 0.25) is 0 Å². The summed E-state index contributed by atoms with van der Waals surface area (Å²) in [4.78, 5) is 2.18. The van der Waals surface area contributed by atoms with Crippen molar-refractivity contribution in [1.82, 2.24) is 4.90 Å². The first-order chi connectivity index (χ1) is 9.68. The molecule has 0 aliphatic heterocycles. The van der Waals surface area contributed by atoms with E-state index in [1.54, 1.807) is 0 Å². The molecule has 110 valence electrons. The summed E-state index contributed by atoms with van der Waals surface area (Å²) < 4.78 is 6.28. The molecule has 2 heteroatoms. The van der Waals surface area contributed by atoms with Gasteiger partial charge >= 0.3 is 0 Å². The molecule has 0 fully saturated rings. The number of rotatable bonds is 6. The van der Waals surface area contributed by atoms with Crippen LogP contribution in [0, 0.1) is 12.8 Å². The van der Waals surface area contributed by atoms with Gasteiger partial charge in [0.25, 0.3) is 0 Å². The predicted octanol–water partition coefficient (Wildman–Crippen LogP) is 3.97. The van der Waals surface area contributed by atoms with E-state index in [1.807, 2.05) is 0 Å². The summed E-state index contributed by atoms with van der Waals surface area (Å²) >= 11 is 0. The van der Waals surface area contributed by atoms with Gasteiger partial charge in [0.1, 0.15) is 0 Å². The Morgan fingerprint density at radius 1 is 1.25 bits per heavy atom. The molecule has 0 bridgehead atoms. The van der Waals surface area contributed by atoms with Crippen LogP contribution in [0.15, 0.2) is 36.4 Å². The van der Waals surface area contributed by atoms with E-state index in [9.17, 15) is 0 Å². The molecule has 0 aromatic heterocycles. The van der Waals surface area contributed by atoms with Gasteiger partial charge in [-0.25, -0.2) is 0 Å². The first kappa shape index (κ1) is 15.3. The maximum Gasteiger partial charge on any atom is 0.0859 e. The topological polar surface area (TPSA) is 12.5 Å². The molecule has 1 aliphatic carbocycles. The fraction of sp³-hybridized carbons (Fsp3) is 0.556. The Balaban J connectivity index is 2.11. The van der Waals surface area contributed by atoms with Gasteiger partial charge in [-0.05, 0) is 57.3 Å². The molecule has 0 amide bonds. The van der Waals surface area contributed by atoms with Crippen LogP contribution in [0.3, 0.4) is 0 Å². The van der Waals surface area contributed by atoms with Gasteiger partial charge in [-0.15, -0.1) is 0 Å². The largest absolute Gasteiger partial charge is 0.372 e. The lowest BCUT2D eigenvalue weighted by atomic mass is 9.84. The summed E-state index contributed by atoms with van der Waals surface area (Å²) in [7, 11) is 4.19. The Hall–Kier alpha value is -1.12. The van der Waals surface area contributed by atoms with E-state index >= 15 is 0 Å². The van der Waals surface area contributed by atoms with Gasteiger partial charge in [-0.3, -0.25) is 0 Å². The Morgan fingerprint density at radius 2 is 2.05 bits per heavy atom. The highest BCUT2D eigenvalue weighted by molar-refractivity contribution is 5.28. The maximum absolute atomic E-state index is 6.28. The Bertz CT molecular complexity index is 439. The van der Waals surface area contributed by atoms with Crippen LogP contribution in [0.4, 0.5) is 0 Å². The molecule has 1 aromatic carbocycles. The lowest BCUT2D eigenvalue weighted by Gasteiger charge is -2.30. The Labute approximate surface area is 123 Å². The minimum atomic E-state index is 0.237. The lowest BCUT2D eigenvalue weighted by Crippen LogP contribution is -2.24. The number of allylic oxidation sites excluding steroid dienone is 2. The number of hydrogen-bond acceptors (Lipinski definition) is 2. The van der Waals surface area contributed by atoms with Crippen molar-refractivity contribution < 1.29 is 4.74 Å². The molecule has 1 aliphatic rings. The Kier molecular flexibility index (Phi) is 5.81. The number of nitrogens with zero attached hydrogens (tertiary/aromatic N) is 1. The van der Waals surface area contributed by atoms with Crippen molar-refractivity contribution in [3.05, 3.63) is 47.5 Å². The molecule has 20 heavy (non-hydrogen) atoms. The van der Waals surface area contributed by atoms with Gasteiger partial charge in [-0.1, -0.05) is 36.4 Å². The van der Waals surface area contributed by atoms with Crippen molar-refractivity contribution in [2.75, 3.05) is 27.2 Å². The molecule has 2 unspecified atom stereocenters. The standard InChI is InChI=1S/C18H27NO/c1-15-9-7-8-12-17(15)18(20-14-13-19(2)3)16-10-5-4-6-11-16/h4-5,7-9,12,16,18H,6,10-11,13-14H2,1-3H3. The van der Waals surface area contributed by atoms with Crippen molar-refractivity contribution in [2.45, 2.75) is 32.3 Å². The SMILES string of the molecule is Cc1ccccc1C(OCCN(C)C)C1CC=CCC1. The van der Waals surface area contributed by atoms with Gasteiger partial charge in [-0.2, -0.15) is 0 Å². The second-order valence-electron chi connectivity index (χ2n) is 6.00. The van der Waals surface area contributed by atoms with Crippen LogP contribution < -0.4 is 0 Å². The van der Waals surface area contributed by atoms with Crippen LogP contribution in [0.1, 0.15) is 36.5 Å². The van der Waals surface area contributed by atoms with Crippen LogP contribution in [-0.4, -0.2) is 32.1 Å². The molecule has 2 nitrogen and oxygen atoms in total. The average molecular weight is 273 g/mol. The predicted molar refractivity (Wildman–Crippen MR) is 84.9 cm³/mol. The zero-order chi connectivity index (χ0) is 14.4. The van der Waals surface area contributed by atoms with Gasteiger partial charge in [0, 0.05) is 6.54 Å². The highest BCUT2D eigenvalue weighted by atomic mass is 16.5.